The molecule has 0 aliphatic rings. The van der Waals surface area contributed by atoms with Crippen molar-refractivity contribution in [3.63, 3.8) is 0 Å². The van der Waals surface area contributed by atoms with Crippen molar-refractivity contribution < 1.29 is 9.00 Å². The largest absolute Gasteiger partial charge is 0.351 e. The topological polar surface area (TPSA) is 46.2 Å². The van der Waals surface area contributed by atoms with Gasteiger partial charge in [-0.3, -0.25) is 9.00 Å². The smallest absolute Gasteiger partial charge is 0.252 e. The molecule has 3 nitrogen and oxygen atoms in total. The van der Waals surface area contributed by atoms with Crippen LogP contribution in [0.5, 0.6) is 0 Å². The third-order valence-electron chi connectivity index (χ3n) is 1.50. The van der Waals surface area contributed by atoms with Crippen LogP contribution in [-0.4, -0.2) is 28.7 Å². The van der Waals surface area contributed by atoms with Gasteiger partial charge in [0.25, 0.3) is 5.91 Å². The summed E-state index contributed by atoms with van der Waals surface area (Å²) in [6, 6.07) is 1.84. The van der Waals surface area contributed by atoms with Gasteiger partial charge in [0.05, 0.1) is 8.45 Å². The molecule has 0 bridgehead atoms. The Kier molecular flexibility index (Phi) is 5.04. The molecule has 0 aromatic carbocycles. The molecule has 0 radical (unpaired) electrons. The van der Waals surface area contributed by atoms with E-state index in [1.54, 1.807) is 6.26 Å². The fourth-order valence-corrected chi connectivity index (χ4v) is 2.56. The minimum absolute atomic E-state index is 0.0883. The third kappa shape index (κ3) is 4.05. The number of halogens is 1. The molecule has 1 aromatic rings. The maximum Gasteiger partial charge on any atom is 0.252 e. The first-order valence-electron chi connectivity index (χ1n) is 3.92. The van der Waals surface area contributed by atoms with Crippen molar-refractivity contribution in [3.8, 4) is 0 Å². The number of hydrogen-bond acceptors (Lipinski definition) is 3. The quantitative estimate of drug-likeness (QED) is 0.842. The van der Waals surface area contributed by atoms with Crippen molar-refractivity contribution in [2.75, 3.05) is 18.6 Å². The molecule has 0 saturated carbocycles. The van der Waals surface area contributed by atoms with Crippen LogP contribution in [0.2, 0.25) is 0 Å². The highest BCUT2D eigenvalue weighted by Crippen LogP contribution is 2.16. The van der Waals surface area contributed by atoms with Crippen molar-refractivity contribution >= 4 is 50.6 Å². The predicted molar refractivity (Wildman–Crippen MR) is 68.3 cm³/mol. The summed E-state index contributed by atoms with van der Waals surface area (Å²) in [4.78, 5) is 11.4. The molecule has 1 rings (SSSR count). The number of carbonyl (C=O) groups excluding carboxylic acids is 1. The molecule has 0 aliphatic heterocycles. The van der Waals surface area contributed by atoms with Crippen LogP contribution in [0.3, 0.4) is 0 Å². The van der Waals surface area contributed by atoms with Gasteiger partial charge in [-0.05, 0) is 28.7 Å². The molecule has 0 fully saturated rings. The summed E-state index contributed by atoms with van der Waals surface area (Å²) in [7, 11) is -0.847. The molecular formula is C8H10INO2S2. The number of rotatable bonds is 4. The number of thiophene rings is 1. The fourth-order valence-electron chi connectivity index (χ4n) is 0.839. The molecule has 1 aromatic heterocycles. The predicted octanol–water partition coefficient (Wildman–Crippen LogP) is 1.46. The zero-order valence-electron chi connectivity index (χ0n) is 7.58. The van der Waals surface area contributed by atoms with Gasteiger partial charge in [-0.1, -0.05) is 0 Å². The Hall–Kier alpha value is 0.0500. The summed E-state index contributed by atoms with van der Waals surface area (Å²) >= 11 is 3.71. The van der Waals surface area contributed by atoms with E-state index in [1.807, 2.05) is 11.4 Å². The summed E-state index contributed by atoms with van der Waals surface area (Å²) in [6.07, 6.45) is 1.62. The molecule has 0 saturated heterocycles. The van der Waals surface area contributed by atoms with Crippen molar-refractivity contribution in [2.24, 2.45) is 0 Å². The average Bonchev–Trinajstić information content (AvgIpc) is 2.51. The van der Waals surface area contributed by atoms with Crippen molar-refractivity contribution in [1.82, 2.24) is 5.32 Å². The van der Waals surface area contributed by atoms with Gasteiger partial charge >= 0.3 is 0 Å². The van der Waals surface area contributed by atoms with Crippen molar-refractivity contribution in [3.05, 3.63) is 19.9 Å². The second-order valence-electron chi connectivity index (χ2n) is 2.67. The van der Waals surface area contributed by atoms with Gasteiger partial charge < -0.3 is 5.32 Å². The molecule has 0 spiro atoms. The fraction of sp³-hybridized carbons (Fsp3) is 0.375. The van der Waals surface area contributed by atoms with E-state index < -0.39 is 10.8 Å². The van der Waals surface area contributed by atoms with Crippen LogP contribution in [0, 0.1) is 2.88 Å². The first kappa shape index (κ1) is 12.1. The maximum atomic E-state index is 11.4. The van der Waals surface area contributed by atoms with Gasteiger partial charge in [0, 0.05) is 34.7 Å². The summed E-state index contributed by atoms with van der Waals surface area (Å²) in [5, 5.41) is 4.53. The Labute approximate surface area is 103 Å². The van der Waals surface area contributed by atoms with E-state index in [2.05, 4.69) is 27.9 Å². The highest BCUT2D eigenvalue weighted by atomic mass is 127. The van der Waals surface area contributed by atoms with Crippen LogP contribution in [0.15, 0.2) is 11.4 Å². The van der Waals surface area contributed by atoms with Gasteiger partial charge in [-0.25, -0.2) is 0 Å². The lowest BCUT2D eigenvalue weighted by Gasteiger charge is -2.00. The van der Waals surface area contributed by atoms with Crippen LogP contribution in [0.1, 0.15) is 10.4 Å². The summed E-state index contributed by atoms with van der Waals surface area (Å²) in [6.45, 7) is 0.467. The van der Waals surface area contributed by atoms with Crippen LogP contribution < -0.4 is 5.32 Å². The van der Waals surface area contributed by atoms with E-state index in [-0.39, 0.29) is 5.91 Å². The van der Waals surface area contributed by atoms with Crippen LogP contribution in [0.25, 0.3) is 0 Å². The van der Waals surface area contributed by atoms with Gasteiger partial charge in [0.2, 0.25) is 0 Å². The van der Waals surface area contributed by atoms with E-state index in [0.717, 1.165) is 2.88 Å². The minimum atomic E-state index is -0.847. The molecule has 14 heavy (non-hydrogen) atoms. The van der Waals surface area contributed by atoms with E-state index in [1.165, 1.54) is 11.3 Å². The Balaban J connectivity index is 2.39. The lowest BCUT2D eigenvalue weighted by Crippen LogP contribution is -2.27. The zero-order chi connectivity index (χ0) is 10.6. The highest BCUT2D eigenvalue weighted by molar-refractivity contribution is 14.1. The van der Waals surface area contributed by atoms with Crippen LogP contribution in [0.4, 0.5) is 0 Å². The average molecular weight is 343 g/mol. The van der Waals surface area contributed by atoms with E-state index in [0.29, 0.717) is 17.9 Å². The van der Waals surface area contributed by atoms with Gasteiger partial charge in [0.15, 0.2) is 0 Å². The lowest BCUT2D eigenvalue weighted by molar-refractivity contribution is 0.0956. The Morgan fingerprint density at radius 1 is 1.71 bits per heavy atom. The van der Waals surface area contributed by atoms with Crippen molar-refractivity contribution in [2.45, 2.75) is 0 Å². The third-order valence-corrected chi connectivity index (χ3v) is 4.07. The van der Waals surface area contributed by atoms with Gasteiger partial charge in [-0.2, -0.15) is 0 Å². The second-order valence-corrected chi connectivity index (χ2v) is 7.03. The standard InChI is InChI=1S/C8H10INO2S2/c1-14(12)3-2-10-8(11)6-4-7(9)13-5-6/h4-5H,2-3H2,1H3,(H,10,11). The Morgan fingerprint density at radius 2 is 2.43 bits per heavy atom. The first-order chi connectivity index (χ1) is 6.59. The van der Waals surface area contributed by atoms with E-state index in [4.69, 9.17) is 0 Å². The van der Waals surface area contributed by atoms with Crippen LogP contribution >= 0.6 is 33.9 Å². The number of carbonyl (C=O) groups is 1. The zero-order valence-corrected chi connectivity index (χ0v) is 11.4. The molecule has 6 heteroatoms. The summed E-state index contributed by atoms with van der Waals surface area (Å²) < 4.78 is 11.8. The number of hydrogen-bond donors (Lipinski definition) is 1. The normalized spacial score (nSPS) is 12.4. The molecule has 1 unspecified atom stereocenters. The Bertz CT molecular complexity index is 351. The second kappa shape index (κ2) is 5.82. The summed E-state index contributed by atoms with van der Waals surface area (Å²) in [5.41, 5.74) is 0.682. The van der Waals surface area contributed by atoms with E-state index in [9.17, 15) is 9.00 Å². The molecule has 1 amide bonds. The monoisotopic (exact) mass is 343 g/mol. The number of nitrogens with one attached hydrogen (secondary N) is 1. The Morgan fingerprint density at radius 3 is 2.93 bits per heavy atom. The molecule has 1 atom stereocenters. The van der Waals surface area contributed by atoms with Crippen LogP contribution in [-0.2, 0) is 10.8 Å². The molecular weight excluding hydrogens is 333 g/mol. The minimum Gasteiger partial charge on any atom is -0.351 e. The SMILES string of the molecule is CS(=O)CCNC(=O)c1csc(I)c1. The van der Waals surface area contributed by atoms with Gasteiger partial charge in [-0.15, -0.1) is 11.3 Å². The first-order valence-corrected chi connectivity index (χ1v) is 7.60. The molecule has 1 heterocycles. The van der Waals surface area contributed by atoms with Gasteiger partial charge in [0.1, 0.15) is 0 Å². The van der Waals surface area contributed by atoms with Crippen molar-refractivity contribution in [1.29, 1.82) is 0 Å². The highest BCUT2D eigenvalue weighted by Gasteiger charge is 2.06. The molecule has 0 aliphatic carbocycles. The van der Waals surface area contributed by atoms with E-state index >= 15 is 0 Å². The molecule has 78 valence electrons. The maximum absolute atomic E-state index is 11.4. The summed E-state index contributed by atoms with van der Waals surface area (Å²) in [5.74, 6) is 0.419. The number of amides is 1. The lowest BCUT2D eigenvalue weighted by atomic mass is 10.3. The molecule has 1 N–H and O–H groups in total.